The van der Waals surface area contributed by atoms with Crippen LogP contribution >= 0.6 is 35.6 Å². The Bertz CT molecular complexity index is 318. The first-order valence-electron chi connectivity index (χ1n) is 4.63. The molecule has 0 fully saturated rings. The number of nitrogens with zero attached hydrogens (tertiary/aromatic N) is 1. The zero-order chi connectivity index (χ0) is 10.7. The van der Waals surface area contributed by atoms with Crippen LogP contribution in [0.25, 0.3) is 0 Å². The maximum Gasteiger partial charge on any atom is 0.135 e. The predicted molar refractivity (Wildman–Crippen MR) is 67.9 cm³/mol. The molecule has 2 N–H and O–H groups in total. The van der Waals surface area contributed by atoms with E-state index in [1.165, 1.54) is 0 Å². The van der Waals surface area contributed by atoms with E-state index in [1.807, 2.05) is 6.07 Å². The van der Waals surface area contributed by atoms with Crippen molar-refractivity contribution in [2.75, 3.05) is 0 Å². The summed E-state index contributed by atoms with van der Waals surface area (Å²) in [5.41, 5.74) is 6.90. The molecule has 15 heavy (non-hydrogen) atoms. The van der Waals surface area contributed by atoms with Gasteiger partial charge in [0.05, 0.1) is 0 Å². The Morgan fingerprint density at radius 2 is 2.00 bits per heavy atom. The SMILES string of the molecule is CCC(C)[C@H](N)c1ccc(Cl)nc1Cl.Cl. The van der Waals surface area contributed by atoms with Gasteiger partial charge in [-0.3, -0.25) is 0 Å². The molecule has 0 saturated carbocycles. The molecular weight excluding hydrogens is 254 g/mol. The molecule has 0 aliphatic rings. The smallest absolute Gasteiger partial charge is 0.135 e. The van der Waals surface area contributed by atoms with Gasteiger partial charge in [-0.15, -0.1) is 12.4 Å². The number of nitrogens with two attached hydrogens (primary N) is 1. The molecule has 1 aromatic heterocycles. The second kappa shape index (κ2) is 6.54. The molecule has 5 heteroatoms. The van der Waals surface area contributed by atoms with E-state index in [0.29, 0.717) is 16.2 Å². The van der Waals surface area contributed by atoms with Gasteiger partial charge < -0.3 is 5.73 Å². The fraction of sp³-hybridized carbons (Fsp3) is 0.500. The molecule has 0 radical (unpaired) electrons. The number of aromatic nitrogens is 1. The van der Waals surface area contributed by atoms with Crippen LogP contribution in [-0.2, 0) is 0 Å². The van der Waals surface area contributed by atoms with Crippen molar-refractivity contribution in [3.05, 3.63) is 28.0 Å². The summed E-state index contributed by atoms with van der Waals surface area (Å²) >= 11 is 11.6. The van der Waals surface area contributed by atoms with Crippen LogP contribution in [0.15, 0.2) is 12.1 Å². The number of pyridine rings is 1. The Morgan fingerprint density at radius 1 is 1.40 bits per heavy atom. The summed E-state index contributed by atoms with van der Waals surface area (Å²) in [4.78, 5) is 3.96. The van der Waals surface area contributed by atoms with Crippen LogP contribution in [0.4, 0.5) is 0 Å². The van der Waals surface area contributed by atoms with Crippen molar-refractivity contribution in [2.45, 2.75) is 26.3 Å². The van der Waals surface area contributed by atoms with E-state index in [9.17, 15) is 0 Å². The highest BCUT2D eigenvalue weighted by Crippen LogP contribution is 2.27. The van der Waals surface area contributed by atoms with Crippen LogP contribution in [-0.4, -0.2) is 4.98 Å². The summed E-state index contributed by atoms with van der Waals surface area (Å²) in [7, 11) is 0. The van der Waals surface area contributed by atoms with Gasteiger partial charge in [0.25, 0.3) is 0 Å². The van der Waals surface area contributed by atoms with Gasteiger partial charge in [-0.25, -0.2) is 4.98 Å². The van der Waals surface area contributed by atoms with Gasteiger partial charge in [0.2, 0.25) is 0 Å². The van der Waals surface area contributed by atoms with E-state index in [-0.39, 0.29) is 18.4 Å². The molecule has 0 spiro atoms. The highest BCUT2D eigenvalue weighted by atomic mass is 35.5. The number of rotatable bonds is 3. The fourth-order valence-electron chi connectivity index (χ4n) is 1.23. The summed E-state index contributed by atoms with van der Waals surface area (Å²) in [5.74, 6) is 0.385. The van der Waals surface area contributed by atoms with Crippen molar-refractivity contribution in [1.82, 2.24) is 4.98 Å². The van der Waals surface area contributed by atoms with Crippen molar-refractivity contribution >= 4 is 35.6 Å². The Hall–Kier alpha value is -0.0200. The third-order valence-corrected chi connectivity index (χ3v) is 2.97. The van der Waals surface area contributed by atoms with Crippen LogP contribution in [0.3, 0.4) is 0 Å². The first kappa shape index (κ1) is 15.0. The second-order valence-electron chi connectivity index (χ2n) is 3.43. The molecule has 2 nitrogen and oxygen atoms in total. The molecule has 0 bridgehead atoms. The van der Waals surface area contributed by atoms with Crippen molar-refractivity contribution in [2.24, 2.45) is 11.7 Å². The molecule has 1 rings (SSSR count). The Morgan fingerprint density at radius 3 is 2.47 bits per heavy atom. The molecule has 0 amide bonds. The molecule has 86 valence electrons. The lowest BCUT2D eigenvalue weighted by molar-refractivity contribution is 0.456. The average molecular weight is 270 g/mol. The Balaban J connectivity index is 0.00000196. The zero-order valence-corrected chi connectivity index (χ0v) is 11.0. The van der Waals surface area contributed by atoms with Gasteiger partial charge in [0.15, 0.2) is 0 Å². The third-order valence-electron chi connectivity index (χ3n) is 2.46. The van der Waals surface area contributed by atoms with Gasteiger partial charge in [-0.05, 0) is 12.0 Å². The van der Waals surface area contributed by atoms with Crippen molar-refractivity contribution < 1.29 is 0 Å². The van der Waals surface area contributed by atoms with Gasteiger partial charge in [0, 0.05) is 11.6 Å². The lowest BCUT2D eigenvalue weighted by Gasteiger charge is -2.19. The number of hydrogen-bond acceptors (Lipinski definition) is 2. The normalized spacial score (nSPS) is 14.2. The van der Waals surface area contributed by atoms with Crippen LogP contribution in [0.5, 0.6) is 0 Å². The lowest BCUT2D eigenvalue weighted by atomic mass is 9.94. The van der Waals surface area contributed by atoms with Crippen LogP contribution in [0.1, 0.15) is 31.9 Å². The highest BCUT2D eigenvalue weighted by Gasteiger charge is 2.16. The summed E-state index contributed by atoms with van der Waals surface area (Å²) in [6.45, 7) is 4.19. The van der Waals surface area contributed by atoms with E-state index >= 15 is 0 Å². The third kappa shape index (κ3) is 3.80. The highest BCUT2D eigenvalue weighted by molar-refractivity contribution is 6.32. The van der Waals surface area contributed by atoms with E-state index < -0.39 is 0 Å². The summed E-state index contributed by atoms with van der Waals surface area (Å²) < 4.78 is 0. The predicted octanol–water partition coefficient (Wildman–Crippen LogP) is 3.86. The summed E-state index contributed by atoms with van der Waals surface area (Å²) in [5, 5.41) is 0.806. The maximum absolute atomic E-state index is 6.03. The van der Waals surface area contributed by atoms with Gasteiger partial charge in [-0.1, -0.05) is 49.5 Å². The van der Waals surface area contributed by atoms with Crippen LogP contribution < -0.4 is 5.73 Å². The molecule has 1 aromatic rings. The molecule has 0 aliphatic carbocycles. The lowest BCUT2D eigenvalue weighted by Crippen LogP contribution is -2.19. The monoisotopic (exact) mass is 268 g/mol. The van der Waals surface area contributed by atoms with E-state index in [1.54, 1.807) is 6.07 Å². The van der Waals surface area contributed by atoms with Crippen LogP contribution in [0.2, 0.25) is 10.3 Å². The number of halogens is 3. The standard InChI is InChI=1S/C10H14Cl2N2.ClH/c1-3-6(2)9(13)7-4-5-8(11)14-10(7)12;/h4-6,9H,3,13H2,1-2H3;1H/t6?,9-;/m0./s1. The maximum atomic E-state index is 6.03. The molecule has 1 unspecified atom stereocenters. The first-order valence-corrected chi connectivity index (χ1v) is 5.39. The van der Waals surface area contributed by atoms with Crippen molar-refractivity contribution in [1.29, 1.82) is 0 Å². The minimum atomic E-state index is -0.0720. The topological polar surface area (TPSA) is 38.9 Å². The van der Waals surface area contributed by atoms with Crippen LogP contribution in [0, 0.1) is 5.92 Å². The zero-order valence-electron chi connectivity index (χ0n) is 8.71. The van der Waals surface area contributed by atoms with Gasteiger partial charge in [-0.2, -0.15) is 0 Å². The molecule has 0 aromatic carbocycles. The van der Waals surface area contributed by atoms with E-state index in [0.717, 1.165) is 12.0 Å². The first-order chi connectivity index (χ1) is 6.56. The van der Waals surface area contributed by atoms with Crippen molar-refractivity contribution in [3.8, 4) is 0 Å². The minimum Gasteiger partial charge on any atom is -0.324 e. The quantitative estimate of drug-likeness (QED) is 0.846. The van der Waals surface area contributed by atoms with E-state index in [4.69, 9.17) is 28.9 Å². The Labute approximate surface area is 107 Å². The Kier molecular flexibility index (Phi) is 6.53. The molecule has 2 atom stereocenters. The van der Waals surface area contributed by atoms with Gasteiger partial charge in [0.1, 0.15) is 10.3 Å². The molecule has 0 saturated heterocycles. The fourth-order valence-corrected chi connectivity index (χ4v) is 1.70. The second-order valence-corrected chi connectivity index (χ2v) is 4.17. The van der Waals surface area contributed by atoms with E-state index in [2.05, 4.69) is 18.8 Å². The largest absolute Gasteiger partial charge is 0.324 e. The minimum absolute atomic E-state index is 0. The molecule has 1 heterocycles. The number of hydrogen-bond donors (Lipinski definition) is 1. The molecular formula is C10H15Cl3N2. The summed E-state index contributed by atoms with van der Waals surface area (Å²) in [6.07, 6.45) is 1.01. The average Bonchev–Trinajstić information content (AvgIpc) is 2.15. The van der Waals surface area contributed by atoms with Gasteiger partial charge >= 0.3 is 0 Å². The van der Waals surface area contributed by atoms with Crippen molar-refractivity contribution in [3.63, 3.8) is 0 Å². The summed E-state index contributed by atoms with van der Waals surface area (Å²) in [6, 6.07) is 3.48. The molecule has 0 aliphatic heterocycles.